The molecule has 3 N–H and O–H groups in total. The Balaban J connectivity index is 2.70. The Morgan fingerprint density at radius 3 is 2.79 bits per heavy atom. The summed E-state index contributed by atoms with van der Waals surface area (Å²) in [7, 11) is 0. The third kappa shape index (κ3) is 5.00. The molecule has 1 rings (SSSR count). The Labute approximate surface area is 110 Å². The molecular formula is C13H14N2O4. The van der Waals surface area contributed by atoms with Gasteiger partial charge in [0.1, 0.15) is 5.75 Å². The van der Waals surface area contributed by atoms with Crippen LogP contribution in [0.2, 0.25) is 0 Å². The maximum absolute atomic E-state index is 11.6. The van der Waals surface area contributed by atoms with Gasteiger partial charge in [-0.25, -0.2) is 9.59 Å². The van der Waals surface area contributed by atoms with Gasteiger partial charge in [0.25, 0.3) is 0 Å². The molecular weight excluding hydrogens is 248 g/mol. The number of carboxylic acid groups (broad SMARTS) is 1. The van der Waals surface area contributed by atoms with Crippen molar-refractivity contribution >= 4 is 17.7 Å². The number of terminal acetylenes is 1. The lowest BCUT2D eigenvalue weighted by molar-refractivity contribution is -0.139. The summed E-state index contributed by atoms with van der Waals surface area (Å²) in [4.78, 5) is 22.0. The van der Waals surface area contributed by atoms with Gasteiger partial charge in [0.15, 0.2) is 6.61 Å². The van der Waals surface area contributed by atoms with Gasteiger partial charge in [-0.15, -0.1) is 6.42 Å². The van der Waals surface area contributed by atoms with Crippen LogP contribution in [0, 0.1) is 12.3 Å². The van der Waals surface area contributed by atoms with Crippen LogP contribution in [0.1, 0.15) is 6.92 Å². The zero-order valence-electron chi connectivity index (χ0n) is 10.3. The number of benzene rings is 1. The molecule has 1 aromatic carbocycles. The summed E-state index contributed by atoms with van der Waals surface area (Å²) in [5, 5.41) is 13.6. The Morgan fingerprint density at radius 2 is 2.16 bits per heavy atom. The van der Waals surface area contributed by atoms with Crippen molar-refractivity contribution in [3.8, 4) is 18.1 Å². The zero-order chi connectivity index (χ0) is 14.3. The summed E-state index contributed by atoms with van der Waals surface area (Å²) in [5.41, 5.74) is 0.366. The molecule has 0 aromatic heterocycles. The highest BCUT2D eigenvalue weighted by molar-refractivity contribution is 5.91. The van der Waals surface area contributed by atoms with Crippen LogP contribution in [0.5, 0.6) is 5.75 Å². The number of amides is 2. The molecule has 2 amide bonds. The van der Waals surface area contributed by atoms with Gasteiger partial charge in [-0.05, 0) is 19.1 Å². The first-order valence-corrected chi connectivity index (χ1v) is 5.50. The van der Waals surface area contributed by atoms with Gasteiger partial charge in [0.2, 0.25) is 0 Å². The van der Waals surface area contributed by atoms with Crippen molar-refractivity contribution in [2.75, 3.05) is 11.9 Å². The molecule has 0 radical (unpaired) electrons. The quantitative estimate of drug-likeness (QED) is 0.698. The molecule has 0 saturated heterocycles. The highest BCUT2D eigenvalue weighted by Gasteiger charge is 2.09. The number of rotatable bonds is 5. The number of ether oxygens (including phenoxy) is 1. The number of anilines is 1. The first kappa shape index (κ1) is 14.4. The molecule has 6 nitrogen and oxygen atoms in total. The fraction of sp³-hybridized carbons (Fsp3) is 0.231. The second kappa shape index (κ2) is 6.91. The fourth-order valence-corrected chi connectivity index (χ4v) is 1.23. The predicted molar refractivity (Wildman–Crippen MR) is 70.0 cm³/mol. The van der Waals surface area contributed by atoms with Gasteiger partial charge in [-0.2, -0.15) is 0 Å². The van der Waals surface area contributed by atoms with Crippen LogP contribution in [-0.2, 0) is 4.79 Å². The molecule has 0 heterocycles. The maximum atomic E-state index is 11.6. The van der Waals surface area contributed by atoms with Crippen molar-refractivity contribution in [3.05, 3.63) is 24.3 Å². The largest absolute Gasteiger partial charge is 0.480 e. The summed E-state index contributed by atoms with van der Waals surface area (Å²) in [6.45, 7) is 1.17. The van der Waals surface area contributed by atoms with Crippen LogP contribution in [0.15, 0.2) is 24.3 Å². The van der Waals surface area contributed by atoms with Crippen molar-refractivity contribution in [3.63, 3.8) is 0 Å². The first-order chi connectivity index (χ1) is 9.02. The van der Waals surface area contributed by atoms with Gasteiger partial charge >= 0.3 is 12.0 Å². The van der Waals surface area contributed by atoms with Gasteiger partial charge in [0.05, 0.1) is 11.7 Å². The number of carbonyl (C=O) groups is 2. The zero-order valence-corrected chi connectivity index (χ0v) is 10.3. The third-order valence-corrected chi connectivity index (χ3v) is 2.08. The number of hydrogen-bond donors (Lipinski definition) is 3. The van der Waals surface area contributed by atoms with E-state index in [9.17, 15) is 9.59 Å². The molecule has 6 heteroatoms. The Morgan fingerprint density at radius 1 is 1.47 bits per heavy atom. The lowest BCUT2D eigenvalue weighted by Gasteiger charge is -2.13. The summed E-state index contributed by atoms with van der Waals surface area (Å²) in [6, 6.07) is 5.61. The molecule has 0 spiro atoms. The smallest absolute Gasteiger partial charge is 0.341 e. The Bertz CT molecular complexity index is 508. The number of carboxylic acids is 1. The lowest BCUT2D eigenvalue weighted by Crippen LogP contribution is -2.35. The van der Waals surface area contributed by atoms with Crippen LogP contribution < -0.4 is 15.4 Å². The number of para-hydroxylation sites is 2. The molecule has 100 valence electrons. The molecule has 0 bridgehead atoms. The van der Waals surface area contributed by atoms with Gasteiger partial charge in [0, 0.05) is 0 Å². The SMILES string of the molecule is C#CC(C)NC(=O)Nc1ccccc1OCC(=O)O. The highest BCUT2D eigenvalue weighted by Crippen LogP contribution is 2.23. The molecule has 0 aliphatic rings. The van der Waals surface area contributed by atoms with E-state index in [0.29, 0.717) is 5.69 Å². The summed E-state index contributed by atoms with van der Waals surface area (Å²) in [6.07, 6.45) is 5.14. The average Bonchev–Trinajstić information content (AvgIpc) is 2.37. The van der Waals surface area contributed by atoms with Gasteiger partial charge in [-0.1, -0.05) is 18.1 Å². The molecule has 0 aliphatic carbocycles. The maximum Gasteiger partial charge on any atom is 0.341 e. The highest BCUT2D eigenvalue weighted by atomic mass is 16.5. The number of nitrogens with one attached hydrogen (secondary N) is 2. The lowest BCUT2D eigenvalue weighted by atomic mass is 10.3. The molecule has 0 fully saturated rings. The second-order valence-corrected chi connectivity index (χ2v) is 3.67. The summed E-state index contributed by atoms with van der Waals surface area (Å²) in [5.74, 6) is 1.53. The standard InChI is InChI=1S/C13H14N2O4/c1-3-9(2)14-13(18)15-10-6-4-5-7-11(10)19-8-12(16)17/h1,4-7,9H,8H2,2H3,(H,16,17)(H2,14,15,18). The molecule has 0 saturated carbocycles. The minimum Gasteiger partial charge on any atom is -0.480 e. The monoisotopic (exact) mass is 262 g/mol. The van der Waals surface area contributed by atoms with Crippen molar-refractivity contribution in [2.24, 2.45) is 0 Å². The van der Waals surface area contributed by atoms with Crippen molar-refractivity contribution in [1.29, 1.82) is 0 Å². The second-order valence-electron chi connectivity index (χ2n) is 3.67. The van der Waals surface area contributed by atoms with Gasteiger partial charge < -0.3 is 20.5 Å². The molecule has 1 unspecified atom stereocenters. The van der Waals surface area contributed by atoms with E-state index in [2.05, 4.69) is 16.6 Å². The van der Waals surface area contributed by atoms with Crippen LogP contribution in [-0.4, -0.2) is 29.8 Å². The van der Waals surface area contributed by atoms with Crippen LogP contribution in [0.4, 0.5) is 10.5 Å². The van der Waals surface area contributed by atoms with E-state index in [1.54, 1.807) is 31.2 Å². The van der Waals surface area contributed by atoms with E-state index >= 15 is 0 Å². The average molecular weight is 262 g/mol. The Kier molecular flexibility index (Phi) is 5.23. The van der Waals surface area contributed by atoms with Crippen molar-refractivity contribution in [2.45, 2.75) is 13.0 Å². The van der Waals surface area contributed by atoms with Gasteiger partial charge in [-0.3, -0.25) is 0 Å². The third-order valence-electron chi connectivity index (χ3n) is 2.08. The van der Waals surface area contributed by atoms with Crippen LogP contribution in [0.25, 0.3) is 0 Å². The van der Waals surface area contributed by atoms with E-state index in [1.165, 1.54) is 0 Å². The van der Waals surface area contributed by atoms with E-state index in [0.717, 1.165) is 0 Å². The van der Waals surface area contributed by atoms with E-state index in [1.807, 2.05) is 0 Å². The normalized spacial score (nSPS) is 10.9. The molecule has 1 atom stereocenters. The minimum atomic E-state index is -1.10. The van der Waals surface area contributed by atoms with E-state index in [4.69, 9.17) is 16.3 Å². The van der Waals surface area contributed by atoms with E-state index < -0.39 is 24.6 Å². The molecule has 19 heavy (non-hydrogen) atoms. The summed E-state index contributed by atoms with van der Waals surface area (Å²) >= 11 is 0. The van der Waals surface area contributed by atoms with Crippen LogP contribution >= 0.6 is 0 Å². The number of carbonyl (C=O) groups excluding carboxylic acids is 1. The van der Waals surface area contributed by atoms with Crippen molar-refractivity contribution in [1.82, 2.24) is 5.32 Å². The number of aliphatic carboxylic acids is 1. The number of hydrogen-bond acceptors (Lipinski definition) is 3. The van der Waals surface area contributed by atoms with Crippen molar-refractivity contribution < 1.29 is 19.4 Å². The fourth-order valence-electron chi connectivity index (χ4n) is 1.23. The number of urea groups is 1. The van der Waals surface area contributed by atoms with Crippen LogP contribution in [0.3, 0.4) is 0 Å². The molecule has 1 aromatic rings. The first-order valence-electron chi connectivity index (χ1n) is 5.50. The summed E-state index contributed by atoms with van der Waals surface area (Å²) < 4.78 is 5.05. The Hall–Kier alpha value is -2.68. The molecule has 0 aliphatic heterocycles. The minimum absolute atomic E-state index is 0.272. The topological polar surface area (TPSA) is 87.7 Å². The predicted octanol–water partition coefficient (Wildman–Crippen LogP) is 1.29. The van der Waals surface area contributed by atoms with E-state index in [-0.39, 0.29) is 5.75 Å².